The van der Waals surface area contributed by atoms with Gasteiger partial charge in [0.2, 0.25) is 5.91 Å². The van der Waals surface area contributed by atoms with Crippen molar-refractivity contribution in [1.29, 1.82) is 0 Å². The van der Waals surface area contributed by atoms with E-state index in [1.807, 2.05) is 48.7 Å². The average molecular weight is 329 g/mol. The van der Waals surface area contributed by atoms with E-state index >= 15 is 0 Å². The van der Waals surface area contributed by atoms with E-state index in [1.54, 1.807) is 4.90 Å². The van der Waals surface area contributed by atoms with E-state index in [0.717, 1.165) is 38.4 Å². The number of para-hydroxylation sites is 1. The van der Waals surface area contributed by atoms with Gasteiger partial charge < -0.3 is 4.90 Å². The lowest BCUT2D eigenvalue weighted by atomic mass is 10.2. The molecule has 0 N–H and O–H groups in total. The maximum absolute atomic E-state index is 12.4. The van der Waals surface area contributed by atoms with Gasteiger partial charge in [-0.25, -0.2) is 0 Å². The van der Waals surface area contributed by atoms with Crippen molar-refractivity contribution in [3.63, 3.8) is 0 Å². The predicted molar refractivity (Wildman–Crippen MR) is 95.9 cm³/mol. The lowest BCUT2D eigenvalue weighted by Crippen LogP contribution is -2.49. The van der Waals surface area contributed by atoms with Crippen LogP contribution in [0.15, 0.2) is 47.8 Å². The third-order valence-electron chi connectivity index (χ3n) is 4.30. The van der Waals surface area contributed by atoms with Gasteiger partial charge in [0, 0.05) is 50.3 Å². The normalized spacial score (nSPS) is 16.4. The summed E-state index contributed by atoms with van der Waals surface area (Å²) in [5.41, 5.74) is 0.953. The standard InChI is InChI=1S/C18H23N3OS/c1-19(16-6-3-2-4-7-16)18(22)15-21-11-9-20(10-12-21)14-17-8-5-13-23-17/h2-8,13H,9-12,14-15H2,1H3. The Hall–Kier alpha value is -1.69. The van der Waals surface area contributed by atoms with E-state index in [2.05, 4.69) is 27.3 Å². The van der Waals surface area contributed by atoms with E-state index in [0.29, 0.717) is 6.54 Å². The van der Waals surface area contributed by atoms with E-state index < -0.39 is 0 Å². The Morgan fingerprint density at radius 3 is 2.39 bits per heavy atom. The van der Waals surface area contributed by atoms with Crippen molar-refractivity contribution in [3.05, 3.63) is 52.7 Å². The molecule has 0 atom stereocenters. The van der Waals surface area contributed by atoms with Crippen molar-refractivity contribution < 1.29 is 4.79 Å². The number of likely N-dealkylation sites (N-methyl/N-ethyl adjacent to an activating group) is 1. The largest absolute Gasteiger partial charge is 0.314 e. The van der Waals surface area contributed by atoms with Gasteiger partial charge in [-0.2, -0.15) is 0 Å². The summed E-state index contributed by atoms with van der Waals surface area (Å²) < 4.78 is 0. The number of hydrogen-bond donors (Lipinski definition) is 0. The highest BCUT2D eigenvalue weighted by molar-refractivity contribution is 7.09. The molecule has 0 aliphatic carbocycles. The molecular weight excluding hydrogens is 306 g/mol. The molecule has 4 nitrogen and oxygen atoms in total. The zero-order valence-corrected chi connectivity index (χ0v) is 14.3. The zero-order chi connectivity index (χ0) is 16.1. The Morgan fingerprint density at radius 1 is 1.04 bits per heavy atom. The van der Waals surface area contributed by atoms with Crippen molar-refractivity contribution in [2.45, 2.75) is 6.54 Å². The maximum Gasteiger partial charge on any atom is 0.240 e. The van der Waals surface area contributed by atoms with Gasteiger partial charge in [0.25, 0.3) is 0 Å². The predicted octanol–water partition coefficient (Wildman–Crippen LogP) is 2.53. The van der Waals surface area contributed by atoms with Gasteiger partial charge >= 0.3 is 0 Å². The molecule has 0 radical (unpaired) electrons. The quantitative estimate of drug-likeness (QED) is 0.843. The molecule has 2 aromatic rings. The number of nitrogens with zero attached hydrogens (tertiary/aromatic N) is 3. The van der Waals surface area contributed by atoms with Gasteiger partial charge in [-0.15, -0.1) is 11.3 Å². The van der Waals surface area contributed by atoms with Crippen molar-refractivity contribution in [3.8, 4) is 0 Å². The SMILES string of the molecule is CN(C(=O)CN1CCN(Cc2cccs2)CC1)c1ccccc1. The molecule has 0 unspecified atom stereocenters. The van der Waals surface area contributed by atoms with Gasteiger partial charge in [0.05, 0.1) is 6.54 Å². The third-order valence-corrected chi connectivity index (χ3v) is 5.16. The molecule has 1 amide bonds. The van der Waals surface area contributed by atoms with E-state index in [1.165, 1.54) is 4.88 Å². The molecule has 0 bridgehead atoms. The highest BCUT2D eigenvalue weighted by Crippen LogP contribution is 2.14. The van der Waals surface area contributed by atoms with Crippen LogP contribution in [0.25, 0.3) is 0 Å². The van der Waals surface area contributed by atoms with Crippen molar-refractivity contribution in [1.82, 2.24) is 9.80 Å². The molecule has 1 aliphatic rings. The van der Waals surface area contributed by atoms with Crippen LogP contribution in [0.2, 0.25) is 0 Å². The van der Waals surface area contributed by atoms with Crippen LogP contribution in [0.1, 0.15) is 4.88 Å². The van der Waals surface area contributed by atoms with Crippen LogP contribution in [0.4, 0.5) is 5.69 Å². The second kappa shape index (κ2) is 7.73. The first-order chi connectivity index (χ1) is 11.2. The number of benzene rings is 1. The topological polar surface area (TPSA) is 26.8 Å². The second-order valence-corrected chi connectivity index (χ2v) is 6.95. The number of carbonyl (C=O) groups excluding carboxylic acids is 1. The first kappa shape index (κ1) is 16.2. The van der Waals surface area contributed by atoms with Crippen LogP contribution < -0.4 is 4.90 Å². The molecule has 122 valence electrons. The summed E-state index contributed by atoms with van der Waals surface area (Å²) in [6.07, 6.45) is 0. The lowest BCUT2D eigenvalue weighted by molar-refractivity contribution is -0.119. The Kier molecular flexibility index (Phi) is 5.43. The summed E-state index contributed by atoms with van der Waals surface area (Å²) in [4.78, 5) is 20.3. The number of carbonyl (C=O) groups is 1. The number of rotatable bonds is 5. The van der Waals surface area contributed by atoms with Gasteiger partial charge in [-0.05, 0) is 23.6 Å². The lowest BCUT2D eigenvalue weighted by Gasteiger charge is -2.34. The van der Waals surface area contributed by atoms with Crippen molar-refractivity contribution in [2.24, 2.45) is 0 Å². The molecule has 1 fully saturated rings. The molecule has 2 heterocycles. The number of hydrogen-bond acceptors (Lipinski definition) is 4. The summed E-state index contributed by atoms with van der Waals surface area (Å²) in [5, 5.41) is 2.13. The summed E-state index contributed by atoms with van der Waals surface area (Å²) in [6.45, 7) is 5.50. The van der Waals surface area contributed by atoms with Crippen molar-refractivity contribution >= 4 is 22.9 Å². The van der Waals surface area contributed by atoms with Crippen LogP contribution in [0, 0.1) is 0 Å². The fourth-order valence-electron chi connectivity index (χ4n) is 2.82. The molecule has 0 saturated carbocycles. The number of piperazine rings is 1. The van der Waals surface area contributed by atoms with Gasteiger partial charge in [-0.1, -0.05) is 24.3 Å². The van der Waals surface area contributed by atoms with Crippen molar-refractivity contribution in [2.75, 3.05) is 44.7 Å². The molecule has 1 aromatic heterocycles. The second-order valence-electron chi connectivity index (χ2n) is 5.92. The Morgan fingerprint density at radius 2 is 1.74 bits per heavy atom. The highest BCUT2D eigenvalue weighted by Gasteiger charge is 2.21. The maximum atomic E-state index is 12.4. The molecule has 0 spiro atoms. The Bertz CT molecular complexity index is 606. The number of thiophene rings is 1. The summed E-state index contributed by atoms with van der Waals surface area (Å²) >= 11 is 1.81. The molecule has 1 saturated heterocycles. The Balaban J connectivity index is 1.46. The van der Waals surface area contributed by atoms with Gasteiger partial charge in [0.15, 0.2) is 0 Å². The first-order valence-corrected chi connectivity index (χ1v) is 8.89. The molecule has 5 heteroatoms. The van der Waals surface area contributed by atoms with Crippen LogP contribution in [-0.4, -0.2) is 55.5 Å². The highest BCUT2D eigenvalue weighted by atomic mass is 32.1. The third kappa shape index (κ3) is 4.41. The minimum Gasteiger partial charge on any atom is -0.314 e. The fraction of sp³-hybridized carbons (Fsp3) is 0.389. The van der Waals surface area contributed by atoms with Crippen LogP contribution in [0.5, 0.6) is 0 Å². The summed E-state index contributed by atoms with van der Waals surface area (Å²) in [7, 11) is 1.85. The smallest absolute Gasteiger partial charge is 0.240 e. The summed E-state index contributed by atoms with van der Waals surface area (Å²) in [5.74, 6) is 0.155. The fourth-order valence-corrected chi connectivity index (χ4v) is 3.57. The minimum atomic E-state index is 0.155. The van der Waals surface area contributed by atoms with E-state index in [4.69, 9.17) is 0 Å². The molecular formula is C18H23N3OS. The molecule has 23 heavy (non-hydrogen) atoms. The van der Waals surface area contributed by atoms with E-state index in [9.17, 15) is 4.79 Å². The minimum absolute atomic E-state index is 0.155. The van der Waals surface area contributed by atoms with Gasteiger partial charge in [-0.3, -0.25) is 14.6 Å². The average Bonchev–Trinajstić information content (AvgIpc) is 3.10. The zero-order valence-electron chi connectivity index (χ0n) is 13.5. The van der Waals surface area contributed by atoms with Crippen LogP contribution in [0.3, 0.4) is 0 Å². The summed E-state index contributed by atoms with van der Waals surface area (Å²) in [6, 6.07) is 14.1. The monoisotopic (exact) mass is 329 g/mol. The molecule has 1 aromatic carbocycles. The van der Waals surface area contributed by atoms with Crippen LogP contribution >= 0.6 is 11.3 Å². The molecule has 3 rings (SSSR count). The van der Waals surface area contributed by atoms with Crippen LogP contribution in [-0.2, 0) is 11.3 Å². The molecule has 1 aliphatic heterocycles. The Labute approximate surface area is 141 Å². The first-order valence-electron chi connectivity index (χ1n) is 8.01. The van der Waals surface area contributed by atoms with Gasteiger partial charge in [0.1, 0.15) is 0 Å². The number of anilines is 1. The number of amides is 1. The van der Waals surface area contributed by atoms with E-state index in [-0.39, 0.29) is 5.91 Å².